The predicted molar refractivity (Wildman–Crippen MR) is 51.8 cm³/mol. The van der Waals surface area contributed by atoms with Crippen LogP contribution in [0.5, 0.6) is 0 Å². The van der Waals surface area contributed by atoms with E-state index in [1.165, 1.54) is 0 Å². The summed E-state index contributed by atoms with van der Waals surface area (Å²) in [6, 6.07) is 0. The van der Waals surface area contributed by atoms with Gasteiger partial charge in [0, 0.05) is 11.2 Å². The zero-order valence-electron chi connectivity index (χ0n) is 8.22. The van der Waals surface area contributed by atoms with E-state index in [4.69, 9.17) is 5.11 Å². The van der Waals surface area contributed by atoms with E-state index in [-0.39, 0.29) is 10.7 Å². The predicted octanol–water partition coefficient (Wildman–Crippen LogP) is 2.63. The third-order valence-corrected chi connectivity index (χ3v) is 4.26. The molecule has 1 fully saturated rings. The highest BCUT2D eigenvalue weighted by Crippen LogP contribution is 2.46. The monoisotopic (exact) mass is 224 g/mol. The van der Waals surface area contributed by atoms with Crippen molar-refractivity contribution < 1.29 is 18.7 Å². The molecule has 82 valence electrons. The van der Waals surface area contributed by atoms with Gasteiger partial charge in [0.2, 0.25) is 0 Å². The quantitative estimate of drug-likeness (QED) is 0.800. The van der Waals surface area contributed by atoms with Gasteiger partial charge in [-0.2, -0.15) is 20.5 Å². The number of rotatable bonds is 3. The van der Waals surface area contributed by atoms with Gasteiger partial charge in [0.05, 0.1) is 0 Å². The van der Waals surface area contributed by atoms with Crippen molar-refractivity contribution >= 4 is 17.7 Å². The van der Waals surface area contributed by atoms with E-state index >= 15 is 0 Å². The van der Waals surface area contributed by atoms with Gasteiger partial charge in [0.1, 0.15) is 0 Å². The van der Waals surface area contributed by atoms with Crippen LogP contribution in [0.25, 0.3) is 0 Å². The fourth-order valence-electron chi connectivity index (χ4n) is 1.67. The zero-order chi connectivity index (χ0) is 11.0. The molecule has 5 heteroatoms. The van der Waals surface area contributed by atoms with Gasteiger partial charge in [-0.1, -0.05) is 13.8 Å². The molecule has 0 amide bonds. The highest BCUT2D eigenvalue weighted by Gasteiger charge is 2.46. The summed E-state index contributed by atoms with van der Waals surface area (Å²) >= 11 is 1.63. The molecule has 1 aliphatic rings. The molecule has 1 N–H and O–H groups in total. The molecule has 0 saturated carbocycles. The number of aliphatic carboxylic acids is 1. The minimum absolute atomic E-state index is 0.210. The van der Waals surface area contributed by atoms with Crippen LogP contribution in [-0.4, -0.2) is 27.5 Å². The Kier molecular flexibility index (Phi) is 3.09. The van der Waals surface area contributed by atoms with Crippen LogP contribution in [0.2, 0.25) is 0 Å². The molecule has 0 aromatic rings. The van der Waals surface area contributed by atoms with Gasteiger partial charge in [0.15, 0.2) is 0 Å². The summed E-state index contributed by atoms with van der Waals surface area (Å²) in [5, 5.41) is 8.31. The van der Waals surface area contributed by atoms with Gasteiger partial charge in [0.25, 0.3) is 0 Å². The molecule has 1 unspecified atom stereocenters. The van der Waals surface area contributed by atoms with Crippen molar-refractivity contribution in [1.82, 2.24) is 0 Å². The lowest BCUT2D eigenvalue weighted by Gasteiger charge is -2.27. The Balaban J connectivity index is 2.65. The van der Waals surface area contributed by atoms with Gasteiger partial charge in [-0.15, -0.1) is 0 Å². The second-order valence-corrected chi connectivity index (χ2v) is 5.90. The average Bonchev–Trinajstić information content (AvgIpc) is 2.30. The summed E-state index contributed by atoms with van der Waals surface area (Å²) in [4.78, 5) is 10.3. The SMILES string of the molecule is CC1(C)SCCC1CC(F)(F)C(=O)O. The van der Waals surface area contributed by atoms with E-state index in [0.29, 0.717) is 6.42 Å². The van der Waals surface area contributed by atoms with Crippen molar-refractivity contribution in [2.45, 2.75) is 37.4 Å². The first-order chi connectivity index (χ1) is 6.26. The van der Waals surface area contributed by atoms with Gasteiger partial charge in [-0.3, -0.25) is 0 Å². The minimum Gasteiger partial charge on any atom is -0.477 e. The Morgan fingerprint density at radius 3 is 2.57 bits per heavy atom. The number of carbonyl (C=O) groups is 1. The lowest BCUT2D eigenvalue weighted by atomic mass is 9.87. The number of carboxylic acids is 1. The van der Waals surface area contributed by atoms with E-state index in [9.17, 15) is 13.6 Å². The Morgan fingerprint density at radius 2 is 2.21 bits per heavy atom. The number of carboxylic acid groups (broad SMARTS) is 1. The molecule has 0 aromatic heterocycles. The van der Waals surface area contributed by atoms with Crippen LogP contribution in [0, 0.1) is 5.92 Å². The Bertz CT molecular complexity index is 241. The zero-order valence-corrected chi connectivity index (χ0v) is 9.03. The Labute approximate surface area is 86.1 Å². The van der Waals surface area contributed by atoms with E-state index in [1.807, 2.05) is 13.8 Å². The third-order valence-electron chi connectivity index (χ3n) is 2.74. The highest BCUT2D eigenvalue weighted by atomic mass is 32.2. The Hall–Kier alpha value is -0.320. The number of halogens is 2. The standard InChI is InChI=1S/C9H14F2O2S/c1-8(2)6(3-4-14-8)5-9(10,11)7(12)13/h6H,3-5H2,1-2H3,(H,12,13). The summed E-state index contributed by atoms with van der Waals surface area (Å²) in [7, 11) is 0. The molecule has 0 radical (unpaired) electrons. The van der Waals surface area contributed by atoms with E-state index in [2.05, 4.69) is 0 Å². The maximum Gasteiger partial charge on any atom is 0.374 e. The van der Waals surface area contributed by atoms with E-state index in [0.717, 1.165) is 5.75 Å². The summed E-state index contributed by atoms with van der Waals surface area (Å²) < 4.78 is 25.6. The van der Waals surface area contributed by atoms with Crippen molar-refractivity contribution in [3.63, 3.8) is 0 Å². The summed E-state index contributed by atoms with van der Waals surface area (Å²) in [6.45, 7) is 3.79. The third kappa shape index (κ3) is 2.38. The van der Waals surface area contributed by atoms with Gasteiger partial charge in [-0.05, 0) is 18.1 Å². The second kappa shape index (κ2) is 3.68. The summed E-state index contributed by atoms with van der Waals surface area (Å²) in [5.74, 6) is -4.95. The minimum atomic E-state index is -3.58. The molecule has 1 heterocycles. The largest absolute Gasteiger partial charge is 0.477 e. The molecule has 14 heavy (non-hydrogen) atoms. The molecule has 0 bridgehead atoms. The average molecular weight is 224 g/mol. The fraction of sp³-hybridized carbons (Fsp3) is 0.889. The van der Waals surface area contributed by atoms with Crippen molar-refractivity contribution in [2.75, 3.05) is 5.75 Å². The van der Waals surface area contributed by atoms with Gasteiger partial charge in [-0.25, -0.2) is 4.79 Å². The lowest BCUT2D eigenvalue weighted by Crippen LogP contribution is -2.35. The van der Waals surface area contributed by atoms with Crippen LogP contribution < -0.4 is 0 Å². The maximum absolute atomic E-state index is 12.9. The van der Waals surface area contributed by atoms with Crippen molar-refractivity contribution in [3.05, 3.63) is 0 Å². The van der Waals surface area contributed by atoms with Crippen LogP contribution in [0.15, 0.2) is 0 Å². The van der Waals surface area contributed by atoms with Gasteiger partial charge < -0.3 is 5.11 Å². The Morgan fingerprint density at radius 1 is 1.64 bits per heavy atom. The molecule has 1 saturated heterocycles. The van der Waals surface area contributed by atoms with Crippen LogP contribution in [-0.2, 0) is 4.79 Å². The smallest absolute Gasteiger partial charge is 0.374 e. The maximum atomic E-state index is 12.9. The number of thioether (sulfide) groups is 1. The second-order valence-electron chi connectivity index (χ2n) is 4.15. The molecule has 0 spiro atoms. The molecule has 1 aliphatic heterocycles. The first kappa shape index (κ1) is 11.8. The van der Waals surface area contributed by atoms with E-state index in [1.54, 1.807) is 11.8 Å². The molecule has 1 rings (SSSR count). The van der Waals surface area contributed by atoms with Crippen LogP contribution in [0.3, 0.4) is 0 Å². The fourth-order valence-corrected chi connectivity index (χ4v) is 3.04. The van der Waals surface area contributed by atoms with Crippen LogP contribution in [0.4, 0.5) is 8.78 Å². The number of hydrogen-bond donors (Lipinski definition) is 1. The number of hydrogen-bond acceptors (Lipinski definition) is 2. The number of alkyl halides is 2. The van der Waals surface area contributed by atoms with Crippen molar-refractivity contribution in [1.29, 1.82) is 0 Å². The highest BCUT2D eigenvalue weighted by molar-refractivity contribution is 8.00. The molecule has 0 aromatic carbocycles. The van der Waals surface area contributed by atoms with Crippen molar-refractivity contribution in [3.8, 4) is 0 Å². The topological polar surface area (TPSA) is 37.3 Å². The molecular weight excluding hydrogens is 210 g/mol. The van der Waals surface area contributed by atoms with Gasteiger partial charge >= 0.3 is 11.9 Å². The molecule has 2 nitrogen and oxygen atoms in total. The normalized spacial score (nSPS) is 26.4. The van der Waals surface area contributed by atoms with Crippen LogP contribution in [0.1, 0.15) is 26.7 Å². The molecule has 0 aliphatic carbocycles. The van der Waals surface area contributed by atoms with E-state index < -0.39 is 18.3 Å². The first-order valence-corrected chi connectivity index (χ1v) is 5.49. The lowest BCUT2D eigenvalue weighted by molar-refractivity contribution is -0.167. The van der Waals surface area contributed by atoms with Crippen LogP contribution >= 0.6 is 11.8 Å². The first-order valence-electron chi connectivity index (χ1n) is 4.51. The van der Waals surface area contributed by atoms with Crippen molar-refractivity contribution in [2.24, 2.45) is 5.92 Å². The molecular formula is C9H14F2O2S. The molecule has 1 atom stereocenters. The summed E-state index contributed by atoms with van der Waals surface area (Å²) in [6.07, 6.45) is 0.142. The summed E-state index contributed by atoms with van der Waals surface area (Å²) in [5.41, 5.74) is 0.